The number of Topliss-reactive ketones (excluding diaryl/α,β-unsaturated/α-hetero) is 2. The number of hydrogen-bond acceptors (Lipinski definition) is 11. The summed E-state index contributed by atoms with van der Waals surface area (Å²) in [4.78, 5) is 57.7. The maximum Gasteiger partial charge on any atom is 0.265 e. The normalized spacial score (nSPS) is 14.0. The van der Waals surface area contributed by atoms with Crippen molar-refractivity contribution in [3.8, 4) is 0 Å². The first kappa shape index (κ1) is 24.9. The fraction of sp³-hybridized carbons (Fsp3) is 0.333. The van der Waals surface area contributed by atoms with Gasteiger partial charge in [0, 0.05) is 5.56 Å². The second-order valence-corrected chi connectivity index (χ2v) is 6.09. The van der Waals surface area contributed by atoms with E-state index in [-0.39, 0.29) is 5.56 Å². The van der Waals surface area contributed by atoms with E-state index in [4.69, 9.17) is 10.3 Å². The summed E-state index contributed by atoms with van der Waals surface area (Å²) in [6, 6.07) is 3.34. The van der Waals surface area contributed by atoms with Gasteiger partial charge in [-0.05, 0) is 30.7 Å². The van der Waals surface area contributed by atoms with Gasteiger partial charge in [0.05, 0.1) is 13.2 Å². The number of nitroso groups, excluding NO2 is 1. The molecular formula is C18H22N4O8. The summed E-state index contributed by atoms with van der Waals surface area (Å²) in [7, 11) is 0. The first-order chi connectivity index (χ1) is 14.2. The third-order valence-corrected chi connectivity index (χ3v) is 3.88. The molecule has 0 saturated carbocycles. The Labute approximate surface area is 170 Å². The van der Waals surface area contributed by atoms with E-state index < -0.39 is 54.6 Å². The van der Waals surface area contributed by atoms with Gasteiger partial charge in [-0.3, -0.25) is 24.6 Å². The predicted octanol–water partition coefficient (Wildman–Crippen LogP) is -1.50. The molecule has 0 fully saturated rings. The smallest absolute Gasteiger partial charge is 0.265 e. The number of rotatable bonds is 13. The van der Waals surface area contributed by atoms with Crippen molar-refractivity contribution in [1.29, 1.82) is 0 Å². The Kier molecular flexibility index (Phi) is 10.3. The molecule has 1 aromatic rings. The number of hydroxylamine groups is 1. The lowest BCUT2D eigenvalue weighted by molar-refractivity contribution is -0.142. The van der Waals surface area contributed by atoms with Crippen molar-refractivity contribution < 1.29 is 34.6 Å². The van der Waals surface area contributed by atoms with Crippen LogP contribution >= 0.6 is 0 Å². The van der Waals surface area contributed by atoms with E-state index in [1.165, 1.54) is 30.6 Å². The molecule has 12 nitrogen and oxygen atoms in total. The molecule has 0 aromatic heterocycles. The molecule has 1 aromatic carbocycles. The van der Waals surface area contributed by atoms with E-state index in [9.17, 15) is 29.2 Å². The highest BCUT2D eigenvalue weighted by molar-refractivity contribution is 6.40. The Balaban J connectivity index is 2.64. The van der Waals surface area contributed by atoms with Crippen molar-refractivity contribution in [2.45, 2.75) is 25.1 Å². The Morgan fingerprint density at radius 2 is 1.93 bits per heavy atom. The average Bonchev–Trinajstić information content (AvgIpc) is 2.76. The number of ketones is 3. The summed E-state index contributed by atoms with van der Waals surface area (Å²) in [6.07, 6.45) is 0.886. The first-order valence-electron chi connectivity index (χ1n) is 8.68. The molecule has 6 N–H and O–H groups in total. The fourth-order valence-electron chi connectivity index (χ4n) is 2.12. The maximum absolute atomic E-state index is 12.1. The van der Waals surface area contributed by atoms with E-state index in [1.807, 2.05) is 0 Å². The first-order valence-corrected chi connectivity index (χ1v) is 8.68. The van der Waals surface area contributed by atoms with Crippen LogP contribution < -0.4 is 16.3 Å². The minimum atomic E-state index is -1.71. The second kappa shape index (κ2) is 12.4. The molecule has 0 aliphatic heterocycles. The van der Waals surface area contributed by atoms with Gasteiger partial charge in [0.25, 0.3) is 5.91 Å². The molecule has 162 valence electrons. The van der Waals surface area contributed by atoms with E-state index in [0.717, 1.165) is 6.08 Å². The Hall–Kier alpha value is -3.16. The maximum atomic E-state index is 12.1. The second-order valence-electron chi connectivity index (χ2n) is 6.09. The molecule has 30 heavy (non-hydrogen) atoms. The zero-order valence-electron chi connectivity index (χ0n) is 15.9. The average molecular weight is 422 g/mol. The third-order valence-electron chi connectivity index (χ3n) is 3.88. The number of hydrazine groups is 1. The van der Waals surface area contributed by atoms with Gasteiger partial charge < -0.3 is 15.4 Å². The molecule has 0 spiro atoms. The van der Waals surface area contributed by atoms with Crippen molar-refractivity contribution in [1.82, 2.24) is 16.3 Å². The number of aliphatic hydroxyl groups excluding tert-OH is 2. The highest BCUT2D eigenvalue weighted by atomic mass is 16.5. The number of benzene rings is 1. The van der Waals surface area contributed by atoms with Crippen LogP contribution in [0.5, 0.6) is 0 Å². The largest absolute Gasteiger partial charge is 0.394 e. The molecule has 12 heteroatoms. The van der Waals surface area contributed by atoms with Crippen LogP contribution in [0.2, 0.25) is 0 Å². The van der Waals surface area contributed by atoms with Crippen LogP contribution in [-0.4, -0.2) is 70.0 Å². The molecule has 3 atom stereocenters. The van der Waals surface area contributed by atoms with E-state index in [0.29, 0.717) is 5.56 Å². The lowest BCUT2D eigenvalue weighted by Gasteiger charge is -2.17. The zero-order valence-corrected chi connectivity index (χ0v) is 15.9. The standard InChI is InChI=1S/C18H22N4O8/c1-10(21-29)13(24)6-5-11-3-2-4-12(7-11)18(28)20-19-8-14(25)17(27)16(22-30)15(26)9-23/h2-7,10,15-16,19,22-23,26,30H,8-9H2,1H3,(H,20,28)/b6-5+. The molecule has 0 aliphatic carbocycles. The van der Waals surface area contributed by atoms with Gasteiger partial charge in [-0.1, -0.05) is 23.4 Å². The van der Waals surface area contributed by atoms with Crippen LogP contribution in [0.15, 0.2) is 35.5 Å². The molecule has 0 saturated heterocycles. The van der Waals surface area contributed by atoms with Crippen molar-refractivity contribution in [3.05, 3.63) is 46.4 Å². The van der Waals surface area contributed by atoms with Crippen LogP contribution in [0.3, 0.4) is 0 Å². The Morgan fingerprint density at radius 1 is 1.23 bits per heavy atom. The molecule has 0 bridgehead atoms. The van der Waals surface area contributed by atoms with Gasteiger partial charge in [0.2, 0.25) is 11.6 Å². The number of nitrogens with one attached hydrogen (secondary N) is 3. The van der Waals surface area contributed by atoms with Crippen LogP contribution in [0, 0.1) is 4.91 Å². The lowest BCUT2D eigenvalue weighted by atomic mass is 10.0. The molecule has 3 unspecified atom stereocenters. The van der Waals surface area contributed by atoms with Gasteiger partial charge >= 0.3 is 0 Å². The van der Waals surface area contributed by atoms with Crippen LogP contribution in [0.25, 0.3) is 6.08 Å². The number of amides is 1. The minimum Gasteiger partial charge on any atom is -0.394 e. The summed E-state index contributed by atoms with van der Waals surface area (Å²) < 4.78 is 0. The SMILES string of the molecule is CC(N=O)C(=O)/C=C/c1cccc(C(=O)NNCC(=O)C(=O)C(NO)C(O)CO)c1. The van der Waals surface area contributed by atoms with Gasteiger partial charge in [-0.25, -0.2) is 5.43 Å². The topological polar surface area (TPSA) is 194 Å². The van der Waals surface area contributed by atoms with Crippen molar-refractivity contribution in [3.63, 3.8) is 0 Å². The summed E-state index contributed by atoms with van der Waals surface area (Å²) in [5.41, 5.74) is 6.56. The quantitative estimate of drug-likeness (QED) is 0.0942. The summed E-state index contributed by atoms with van der Waals surface area (Å²) in [6.45, 7) is -0.140. The third kappa shape index (κ3) is 7.35. The zero-order chi connectivity index (χ0) is 22.7. The van der Waals surface area contributed by atoms with Gasteiger partial charge in [-0.15, -0.1) is 0 Å². The molecule has 1 rings (SSSR count). The van der Waals surface area contributed by atoms with Gasteiger partial charge in [0.15, 0.2) is 11.8 Å². The van der Waals surface area contributed by atoms with E-state index in [2.05, 4.69) is 16.0 Å². The number of hydrogen-bond donors (Lipinski definition) is 6. The Morgan fingerprint density at radius 3 is 2.53 bits per heavy atom. The van der Waals surface area contributed by atoms with Crippen molar-refractivity contribution in [2.24, 2.45) is 5.18 Å². The Bertz CT molecular complexity index is 826. The van der Waals surface area contributed by atoms with E-state index in [1.54, 1.807) is 12.1 Å². The van der Waals surface area contributed by atoms with Gasteiger partial charge in [0.1, 0.15) is 12.1 Å². The predicted molar refractivity (Wildman–Crippen MR) is 103 cm³/mol. The summed E-state index contributed by atoms with van der Waals surface area (Å²) in [5, 5.41) is 29.6. The van der Waals surface area contributed by atoms with Crippen LogP contribution in [0.1, 0.15) is 22.8 Å². The minimum absolute atomic E-state index is 0.169. The molecule has 0 radical (unpaired) electrons. The van der Waals surface area contributed by atoms with E-state index >= 15 is 0 Å². The lowest BCUT2D eigenvalue weighted by Crippen LogP contribution is -2.52. The van der Waals surface area contributed by atoms with Crippen molar-refractivity contribution in [2.75, 3.05) is 13.2 Å². The number of carbonyl (C=O) groups excluding carboxylic acids is 4. The highest BCUT2D eigenvalue weighted by Gasteiger charge is 2.30. The van der Waals surface area contributed by atoms with Gasteiger partial charge in [-0.2, -0.15) is 10.4 Å². The van der Waals surface area contributed by atoms with Crippen LogP contribution in [-0.2, 0) is 14.4 Å². The molecule has 0 aliphatic rings. The highest BCUT2D eigenvalue weighted by Crippen LogP contribution is 2.08. The monoisotopic (exact) mass is 422 g/mol. The molecule has 0 heterocycles. The van der Waals surface area contributed by atoms with Crippen molar-refractivity contribution >= 4 is 29.3 Å². The molecule has 1 amide bonds. The van der Waals surface area contributed by atoms with Crippen LogP contribution in [0.4, 0.5) is 0 Å². The number of carbonyl (C=O) groups is 4. The fourth-order valence-corrected chi connectivity index (χ4v) is 2.12. The number of nitrogens with zero attached hydrogens (tertiary/aromatic N) is 1. The summed E-state index contributed by atoms with van der Waals surface area (Å²) in [5.74, 6) is -3.40. The number of aliphatic hydroxyl groups is 2. The molecular weight excluding hydrogens is 400 g/mol. The summed E-state index contributed by atoms with van der Waals surface area (Å²) >= 11 is 0.